The van der Waals surface area contributed by atoms with Crippen molar-refractivity contribution >= 4 is 81.8 Å². The van der Waals surface area contributed by atoms with E-state index in [1.807, 2.05) is 35.9 Å². The fourth-order valence-corrected chi connectivity index (χ4v) is 9.90. The Hall–Kier alpha value is -4.06. The normalized spacial score (nSPS) is 20.9. The van der Waals surface area contributed by atoms with Gasteiger partial charge in [0, 0.05) is 50.7 Å². The molecule has 1 aromatic heterocycles. The smallest absolute Gasteiger partial charge is 0.295 e. The maximum atomic E-state index is 12.1. The number of benzene rings is 4. The van der Waals surface area contributed by atoms with Gasteiger partial charge in [-0.05, 0) is 78.3 Å². The van der Waals surface area contributed by atoms with Gasteiger partial charge in [-0.15, -0.1) is 0 Å². The van der Waals surface area contributed by atoms with Crippen LogP contribution in [-0.2, 0) is 26.8 Å². The highest BCUT2D eigenvalue weighted by Gasteiger charge is 2.37. The van der Waals surface area contributed by atoms with E-state index in [1.165, 1.54) is 6.07 Å². The maximum Gasteiger partial charge on any atom is 0.295 e. The van der Waals surface area contributed by atoms with Crippen molar-refractivity contribution < 1.29 is 30.5 Å². The molecule has 0 amide bonds. The largest absolute Gasteiger partial charge is 0.340 e. The standard InChI is InChI=1S/C38H33ClN2O6S2/c1-40-31(28-9-4-10-30-35(49(45,46)47)19-18-33(40)37(28)30)16-14-26-24-12-13-25(22-24)27(38(26)39)15-17-32-29-8-2-6-23-7-3-11-34(36(23)29)41(32)20-5-21-48(42,43)44/h2-4,6-11,14-19,24-25H,5,12-13,20-22H2,1H3,(H-,42,43,44,45,46,47)/p+1. The summed E-state index contributed by atoms with van der Waals surface area (Å²) >= 11 is 7.27. The maximum absolute atomic E-state index is 12.1. The van der Waals surface area contributed by atoms with Crippen LogP contribution in [0.5, 0.6) is 0 Å². The van der Waals surface area contributed by atoms with Crippen LogP contribution in [0.25, 0.3) is 38.5 Å². The first-order chi connectivity index (χ1) is 23.4. The molecular weight excluding hydrogens is 680 g/mol. The molecule has 11 heteroatoms. The molecule has 2 unspecified atom stereocenters. The van der Waals surface area contributed by atoms with Crippen LogP contribution in [0.3, 0.4) is 0 Å². The van der Waals surface area contributed by atoms with Gasteiger partial charge in [-0.2, -0.15) is 21.4 Å². The zero-order valence-corrected chi connectivity index (χ0v) is 29.1. The molecule has 2 bridgehead atoms. The highest BCUT2D eigenvalue weighted by molar-refractivity contribution is 7.86. The second-order valence-electron chi connectivity index (χ2n) is 13.2. The summed E-state index contributed by atoms with van der Waals surface area (Å²) in [6.07, 6.45) is 11.7. The van der Waals surface area contributed by atoms with Gasteiger partial charge in [-0.25, -0.2) is 0 Å². The lowest BCUT2D eigenvalue weighted by molar-refractivity contribution is -0.399. The Morgan fingerprint density at radius 3 is 2.39 bits per heavy atom. The third-order valence-corrected chi connectivity index (χ3v) is 12.6. The van der Waals surface area contributed by atoms with Crippen LogP contribution in [0.15, 0.2) is 106 Å². The molecule has 2 heterocycles. The van der Waals surface area contributed by atoms with Crippen molar-refractivity contribution in [3.8, 4) is 0 Å². The Kier molecular flexibility index (Phi) is 7.73. The lowest BCUT2D eigenvalue weighted by Gasteiger charge is -2.24. The number of hydrogen-bond acceptors (Lipinski definition) is 4. The minimum Gasteiger partial charge on any atom is -0.340 e. The summed E-state index contributed by atoms with van der Waals surface area (Å²) in [4.78, 5) is -0.107. The van der Waals surface area contributed by atoms with Crippen LogP contribution in [0.1, 0.15) is 31.2 Å². The van der Waals surface area contributed by atoms with Crippen LogP contribution >= 0.6 is 11.6 Å². The van der Waals surface area contributed by atoms with Crippen LogP contribution in [0.4, 0.5) is 5.69 Å². The number of rotatable bonds is 8. The summed E-state index contributed by atoms with van der Waals surface area (Å²) in [5, 5.41) is 6.27. The van der Waals surface area contributed by atoms with Crippen molar-refractivity contribution in [1.29, 1.82) is 0 Å². The van der Waals surface area contributed by atoms with Gasteiger partial charge >= 0.3 is 0 Å². The van der Waals surface area contributed by atoms with Crippen LogP contribution in [-0.4, -0.2) is 53.6 Å². The molecule has 2 atom stereocenters. The Labute approximate surface area is 289 Å². The van der Waals surface area contributed by atoms with Gasteiger partial charge in [0.2, 0.25) is 11.4 Å². The third kappa shape index (κ3) is 5.46. The third-order valence-electron chi connectivity index (χ3n) is 10.4. The molecule has 4 aromatic carbocycles. The molecule has 0 radical (unpaired) electrons. The molecule has 250 valence electrons. The van der Waals surface area contributed by atoms with Gasteiger partial charge < -0.3 is 4.57 Å². The second-order valence-corrected chi connectivity index (χ2v) is 16.5. The molecule has 8 nitrogen and oxygen atoms in total. The minimum absolute atomic E-state index is 0.107. The molecule has 1 fully saturated rings. The number of hydrogen-bond donors (Lipinski definition) is 2. The summed E-state index contributed by atoms with van der Waals surface area (Å²) in [7, 11) is -6.52. The molecule has 2 aliphatic carbocycles. The zero-order chi connectivity index (χ0) is 34.2. The summed E-state index contributed by atoms with van der Waals surface area (Å²) in [6.45, 7) is 0.429. The van der Waals surface area contributed by atoms with Gasteiger partial charge in [0.15, 0.2) is 0 Å². The molecule has 8 rings (SSSR count). The Balaban J connectivity index is 1.21. The number of nitrogens with zero attached hydrogens (tertiary/aromatic N) is 2. The van der Waals surface area contributed by atoms with Gasteiger partial charge in [0.25, 0.3) is 20.2 Å². The number of aryl methyl sites for hydroxylation is 1. The van der Waals surface area contributed by atoms with E-state index in [9.17, 15) is 25.9 Å². The van der Waals surface area contributed by atoms with E-state index in [1.54, 1.807) is 18.2 Å². The predicted molar refractivity (Wildman–Crippen MR) is 195 cm³/mol. The van der Waals surface area contributed by atoms with Crippen LogP contribution in [0.2, 0.25) is 0 Å². The molecule has 1 saturated carbocycles. The van der Waals surface area contributed by atoms with E-state index < -0.39 is 20.2 Å². The van der Waals surface area contributed by atoms with Crippen LogP contribution in [0, 0.1) is 11.8 Å². The van der Waals surface area contributed by atoms with E-state index in [0.717, 1.165) is 84.8 Å². The molecule has 2 N–H and O–H groups in total. The summed E-state index contributed by atoms with van der Waals surface area (Å²) in [6, 6.07) is 21.0. The summed E-state index contributed by atoms with van der Waals surface area (Å²) < 4.78 is 70.7. The summed E-state index contributed by atoms with van der Waals surface area (Å²) in [5.41, 5.74) is 5.83. The van der Waals surface area contributed by atoms with E-state index in [2.05, 4.69) is 47.1 Å². The van der Waals surface area contributed by atoms with Gasteiger partial charge in [-0.3, -0.25) is 9.11 Å². The second kappa shape index (κ2) is 11.8. The monoisotopic (exact) mass is 713 g/mol. The van der Waals surface area contributed by atoms with Gasteiger partial charge in [-0.1, -0.05) is 66.2 Å². The fraction of sp³-hybridized carbons (Fsp3) is 0.237. The number of fused-ring (bicyclic) bond motifs is 2. The van der Waals surface area contributed by atoms with E-state index in [-0.39, 0.29) is 17.1 Å². The average molecular weight is 714 g/mol. The van der Waals surface area contributed by atoms with Crippen molar-refractivity contribution in [3.63, 3.8) is 0 Å². The SMILES string of the molecule is C[N+]1=C(/C=C/C2=C(Cl)C(=C/C=c3/c4cccc5cccc(c54)n3CCCS(=O)(=O)O)/C3CCC2C3)c2cccc3c(S(=O)(=O)O)ccc1c23. The molecule has 5 aromatic rings. The van der Waals surface area contributed by atoms with Gasteiger partial charge in [0.1, 0.15) is 11.9 Å². The minimum atomic E-state index is -4.39. The highest BCUT2D eigenvalue weighted by atomic mass is 35.5. The van der Waals surface area contributed by atoms with Crippen molar-refractivity contribution in [2.75, 3.05) is 12.8 Å². The molecular formula is C38H34ClN2O6S2+. The lowest BCUT2D eigenvalue weighted by atomic mass is 9.84. The Morgan fingerprint density at radius 1 is 0.878 bits per heavy atom. The van der Waals surface area contributed by atoms with E-state index in [4.69, 9.17) is 11.6 Å². The molecule has 3 aliphatic rings. The Bertz CT molecular complexity index is 2640. The number of halogens is 1. The van der Waals surface area contributed by atoms with Crippen molar-refractivity contribution in [3.05, 3.63) is 112 Å². The quantitative estimate of drug-likeness (QED) is 0.130. The fourth-order valence-electron chi connectivity index (χ4n) is 8.28. The molecule has 0 spiro atoms. The zero-order valence-electron chi connectivity index (χ0n) is 26.7. The van der Waals surface area contributed by atoms with E-state index >= 15 is 0 Å². The molecule has 1 aliphatic heterocycles. The first-order valence-electron chi connectivity index (χ1n) is 16.3. The summed E-state index contributed by atoms with van der Waals surface area (Å²) in [5.74, 6) is 0.349. The Morgan fingerprint density at radius 2 is 1.61 bits per heavy atom. The average Bonchev–Trinajstić information content (AvgIpc) is 3.70. The number of aromatic nitrogens is 1. The van der Waals surface area contributed by atoms with Crippen LogP contribution < -0.4 is 5.35 Å². The van der Waals surface area contributed by atoms with Gasteiger partial charge in [0.05, 0.1) is 16.7 Å². The van der Waals surface area contributed by atoms with Crippen molar-refractivity contribution in [2.45, 2.75) is 37.1 Å². The predicted octanol–water partition coefficient (Wildman–Crippen LogP) is 7.15. The highest BCUT2D eigenvalue weighted by Crippen LogP contribution is 2.50. The molecule has 0 saturated heterocycles. The first kappa shape index (κ1) is 32.2. The first-order valence-corrected chi connectivity index (χ1v) is 19.7. The van der Waals surface area contributed by atoms with Crippen molar-refractivity contribution in [2.24, 2.45) is 11.8 Å². The van der Waals surface area contributed by atoms with E-state index in [0.29, 0.717) is 23.8 Å². The molecule has 49 heavy (non-hydrogen) atoms. The van der Waals surface area contributed by atoms with Crippen molar-refractivity contribution in [1.82, 2.24) is 4.57 Å². The number of allylic oxidation sites excluding steroid dienone is 6. The topological polar surface area (TPSA) is 117 Å². The lowest BCUT2D eigenvalue weighted by Crippen LogP contribution is -2.18.